The molecule has 0 saturated carbocycles. The maximum atomic E-state index is 12.1. The van der Waals surface area contributed by atoms with Crippen LogP contribution < -0.4 is 0 Å². The minimum atomic E-state index is -0.0496. The zero-order valence-corrected chi connectivity index (χ0v) is 12.0. The molecule has 3 nitrogen and oxygen atoms in total. The molecule has 20 heavy (non-hydrogen) atoms. The summed E-state index contributed by atoms with van der Waals surface area (Å²) in [7, 11) is 1.74. The summed E-state index contributed by atoms with van der Waals surface area (Å²) in [5.41, 5.74) is 1.61. The summed E-state index contributed by atoms with van der Waals surface area (Å²) in [5.74, 6) is 0.100. The van der Waals surface area contributed by atoms with Crippen LogP contribution in [0.15, 0.2) is 48.5 Å². The molecule has 2 rings (SSSR count). The van der Waals surface area contributed by atoms with Crippen molar-refractivity contribution in [3.05, 3.63) is 64.7 Å². The van der Waals surface area contributed by atoms with Gasteiger partial charge in [-0.15, -0.1) is 0 Å². The van der Waals surface area contributed by atoms with Crippen LogP contribution in [0.2, 0.25) is 5.02 Å². The average Bonchev–Trinajstić information content (AvgIpc) is 2.41. The minimum Gasteiger partial charge on any atom is -0.508 e. The van der Waals surface area contributed by atoms with Crippen molar-refractivity contribution < 1.29 is 9.90 Å². The molecule has 0 heterocycles. The molecule has 0 atom stereocenters. The molecule has 0 radical (unpaired) electrons. The minimum absolute atomic E-state index is 0.0496. The Kier molecular flexibility index (Phi) is 4.64. The third-order valence-electron chi connectivity index (χ3n) is 3.07. The highest BCUT2D eigenvalue weighted by atomic mass is 35.5. The van der Waals surface area contributed by atoms with E-state index in [0.29, 0.717) is 17.1 Å². The molecule has 0 unspecified atom stereocenters. The molecule has 104 valence electrons. The number of carbonyl (C=O) groups is 1. The third-order valence-corrected chi connectivity index (χ3v) is 3.30. The maximum absolute atomic E-state index is 12.1. The van der Waals surface area contributed by atoms with Crippen molar-refractivity contribution in [3.63, 3.8) is 0 Å². The van der Waals surface area contributed by atoms with E-state index in [0.717, 1.165) is 5.56 Å². The summed E-state index contributed by atoms with van der Waals surface area (Å²) in [6, 6.07) is 14.3. The summed E-state index contributed by atoms with van der Waals surface area (Å²) in [5, 5.41) is 10.3. The fourth-order valence-corrected chi connectivity index (χ4v) is 2.17. The molecule has 0 aliphatic carbocycles. The summed E-state index contributed by atoms with van der Waals surface area (Å²) in [4.78, 5) is 13.8. The number of likely N-dealkylation sites (N-methyl/N-ethyl adjacent to an activating group) is 1. The highest BCUT2D eigenvalue weighted by Gasteiger charge is 2.12. The van der Waals surface area contributed by atoms with Gasteiger partial charge in [0.05, 0.1) is 6.42 Å². The van der Waals surface area contributed by atoms with E-state index in [1.807, 2.05) is 18.2 Å². The quantitative estimate of drug-likeness (QED) is 0.938. The molecule has 2 aromatic rings. The number of hydrogen-bond acceptors (Lipinski definition) is 2. The van der Waals surface area contributed by atoms with Gasteiger partial charge in [-0.05, 0) is 23.8 Å². The Bertz CT molecular complexity index is 613. The molecule has 2 aromatic carbocycles. The molecule has 0 fully saturated rings. The number of aromatic hydroxyl groups is 1. The van der Waals surface area contributed by atoms with Crippen molar-refractivity contribution in [3.8, 4) is 5.75 Å². The normalized spacial score (nSPS) is 10.3. The van der Waals surface area contributed by atoms with Gasteiger partial charge >= 0.3 is 0 Å². The van der Waals surface area contributed by atoms with Crippen molar-refractivity contribution in [2.75, 3.05) is 7.05 Å². The topological polar surface area (TPSA) is 40.5 Å². The SMILES string of the molecule is CN(Cc1cccc(Cl)c1)C(=O)Cc1ccccc1O. The fraction of sp³-hybridized carbons (Fsp3) is 0.188. The highest BCUT2D eigenvalue weighted by molar-refractivity contribution is 6.30. The molecule has 0 bridgehead atoms. The number of nitrogens with zero attached hydrogens (tertiary/aromatic N) is 1. The predicted molar refractivity (Wildman–Crippen MR) is 79.7 cm³/mol. The second-order valence-electron chi connectivity index (χ2n) is 4.69. The Hall–Kier alpha value is -2.00. The first-order valence-electron chi connectivity index (χ1n) is 6.31. The number of phenols is 1. The number of carbonyl (C=O) groups excluding carboxylic acids is 1. The number of para-hydroxylation sites is 1. The standard InChI is InChI=1S/C16H16ClNO2/c1-18(11-12-5-4-7-14(17)9-12)16(20)10-13-6-2-3-8-15(13)19/h2-9,19H,10-11H2,1H3. The van der Waals surface area contributed by atoms with Crippen LogP contribution in [-0.4, -0.2) is 23.0 Å². The second-order valence-corrected chi connectivity index (χ2v) is 5.12. The number of halogens is 1. The van der Waals surface area contributed by atoms with Gasteiger partial charge in [-0.3, -0.25) is 4.79 Å². The second kappa shape index (κ2) is 6.44. The molecule has 0 spiro atoms. The van der Waals surface area contributed by atoms with E-state index < -0.39 is 0 Å². The van der Waals surface area contributed by atoms with Crippen LogP contribution >= 0.6 is 11.6 Å². The van der Waals surface area contributed by atoms with Gasteiger partial charge in [0.2, 0.25) is 5.91 Å². The molecule has 0 aromatic heterocycles. The van der Waals surface area contributed by atoms with Gasteiger partial charge in [-0.1, -0.05) is 41.9 Å². The van der Waals surface area contributed by atoms with Gasteiger partial charge in [-0.2, -0.15) is 0 Å². The van der Waals surface area contributed by atoms with Gasteiger partial charge in [-0.25, -0.2) is 0 Å². The van der Waals surface area contributed by atoms with E-state index in [4.69, 9.17) is 11.6 Å². The first kappa shape index (κ1) is 14.4. The largest absolute Gasteiger partial charge is 0.508 e. The van der Waals surface area contributed by atoms with Crippen LogP contribution in [0.1, 0.15) is 11.1 Å². The third kappa shape index (κ3) is 3.75. The van der Waals surface area contributed by atoms with Gasteiger partial charge in [0.15, 0.2) is 0 Å². The Morgan fingerprint density at radius 1 is 1.20 bits per heavy atom. The molecular weight excluding hydrogens is 274 g/mol. The van der Waals surface area contributed by atoms with Crippen molar-refractivity contribution >= 4 is 17.5 Å². The first-order chi connectivity index (χ1) is 9.56. The van der Waals surface area contributed by atoms with E-state index in [1.165, 1.54) is 0 Å². The smallest absolute Gasteiger partial charge is 0.227 e. The Labute approximate surface area is 123 Å². The van der Waals surface area contributed by atoms with Gasteiger partial charge in [0.25, 0.3) is 0 Å². The van der Waals surface area contributed by atoms with Gasteiger partial charge < -0.3 is 10.0 Å². The van der Waals surface area contributed by atoms with E-state index in [9.17, 15) is 9.90 Å². The number of phenolic OH excluding ortho intramolecular Hbond substituents is 1. The average molecular weight is 290 g/mol. The lowest BCUT2D eigenvalue weighted by Gasteiger charge is -2.17. The zero-order valence-electron chi connectivity index (χ0n) is 11.2. The predicted octanol–water partition coefficient (Wildman–Crippen LogP) is 3.25. The molecule has 1 amide bonds. The van der Waals surface area contributed by atoms with E-state index in [1.54, 1.807) is 42.3 Å². The highest BCUT2D eigenvalue weighted by Crippen LogP contribution is 2.17. The van der Waals surface area contributed by atoms with Crippen LogP contribution in [-0.2, 0) is 17.8 Å². The lowest BCUT2D eigenvalue weighted by Crippen LogP contribution is -2.27. The molecule has 4 heteroatoms. The summed E-state index contributed by atoms with van der Waals surface area (Å²) >= 11 is 5.92. The monoisotopic (exact) mass is 289 g/mol. The molecule has 1 N–H and O–H groups in total. The first-order valence-corrected chi connectivity index (χ1v) is 6.69. The van der Waals surface area contributed by atoms with Crippen LogP contribution in [0.25, 0.3) is 0 Å². The fourth-order valence-electron chi connectivity index (χ4n) is 1.96. The van der Waals surface area contributed by atoms with Crippen molar-refractivity contribution in [1.82, 2.24) is 4.90 Å². The van der Waals surface area contributed by atoms with E-state index in [-0.39, 0.29) is 18.1 Å². The summed E-state index contributed by atoms with van der Waals surface area (Å²) < 4.78 is 0. The van der Waals surface area contributed by atoms with E-state index >= 15 is 0 Å². The van der Waals surface area contributed by atoms with Gasteiger partial charge in [0, 0.05) is 24.2 Å². The van der Waals surface area contributed by atoms with Crippen LogP contribution in [0, 0.1) is 0 Å². The Morgan fingerprint density at radius 2 is 1.95 bits per heavy atom. The summed E-state index contributed by atoms with van der Waals surface area (Å²) in [6.07, 6.45) is 0.184. The molecule has 0 aliphatic rings. The van der Waals surface area contributed by atoms with Crippen molar-refractivity contribution in [1.29, 1.82) is 0 Å². The number of rotatable bonds is 4. The van der Waals surface area contributed by atoms with Crippen LogP contribution in [0.5, 0.6) is 5.75 Å². The molecule has 0 saturated heterocycles. The van der Waals surface area contributed by atoms with Crippen LogP contribution in [0.3, 0.4) is 0 Å². The number of amides is 1. The lowest BCUT2D eigenvalue weighted by molar-refractivity contribution is -0.129. The maximum Gasteiger partial charge on any atom is 0.227 e. The van der Waals surface area contributed by atoms with Gasteiger partial charge in [0.1, 0.15) is 5.75 Å². The van der Waals surface area contributed by atoms with Crippen molar-refractivity contribution in [2.45, 2.75) is 13.0 Å². The number of hydrogen-bond donors (Lipinski definition) is 1. The summed E-state index contributed by atoms with van der Waals surface area (Å²) in [6.45, 7) is 0.493. The van der Waals surface area contributed by atoms with Crippen LogP contribution in [0.4, 0.5) is 0 Å². The van der Waals surface area contributed by atoms with E-state index in [2.05, 4.69) is 0 Å². The zero-order chi connectivity index (χ0) is 14.5. The Morgan fingerprint density at radius 3 is 2.65 bits per heavy atom. The molecular formula is C16H16ClNO2. The number of benzene rings is 2. The molecule has 0 aliphatic heterocycles. The lowest BCUT2D eigenvalue weighted by atomic mass is 10.1. The Balaban J connectivity index is 2.01. The van der Waals surface area contributed by atoms with Crippen molar-refractivity contribution in [2.24, 2.45) is 0 Å².